The van der Waals surface area contributed by atoms with Gasteiger partial charge in [-0.1, -0.05) is 50.8 Å². The zero-order valence-corrected chi connectivity index (χ0v) is 15.8. The molecule has 0 aliphatic heterocycles. The molecule has 0 aliphatic carbocycles. The van der Waals surface area contributed by atoms with Gasteiger partial charge in [0.25, 0.3) is 0 Å². The Hall–Kier alpha value is -2.66. The van der Waals surface area contributed by atoms with E-state index in [4.69, 9.17) is 4.74 Å². The first kappa shape index (κ1) is 20.6. The highest BCUT2D eigenvalue weighted by molar-refractivity contribution is 5.94. The Kier molecular flexibility index (Phi) is 6.06. The number of ether oxygens (including phenoxy) is 1. The Balaban J connectivity index is 2.33. The van der Waals surface area contributed by atoms with Gasteiger partial charge in [-0.3, -0.25) is 0 Å². The second kappa shape index (κ2) is 7.92. The average molecular weight is 372 g/mol. The lowest BCUT2D eigenvalue weighted by atomic mass is 9.72. The Morgan fingerprint density at radius 3 is 2.37 bits per heavy atom. The number of carboxylic acid groups (broad SMARTS) is 1. The van der Waals surface area contributed by atoms with Crippen molar-refractivity contribution in [2.45, 2.75) is 32.3 Å². The van der Waals surface area contributed by atoms with Gasteiger partial charge in [0.05, 0.1) is 7.11 Å². The third-order valence-electron chi connectivity index (χ3n) is 4.62. The molecule has 0 heterocycles. The third kappa shape index (κ3) is 4.74. The number of hydrogen-bond donors (Lipinski definition) is 2. The van der Waals surface area contributed by atoms with Gasteiger partial charge in [-0.25, -0.2) is 9.18 Å². The van der Waals surface area contributed by atoms with Gasteiger partial charge in [0, 0.05) is 0 Å². The maximum absolute atomic E-state index is 13.7. The van der Waals surface area contributed by atoms with Crippen molar-refractivity contribution >= 4 is 11.5 Å². The van der Waals surface area contributed by atoms with Crippen LogP contribution in [0.5, 0.6) is 5.75 Å². The lowest BCUT2D eigenvalue weighted by Crippen LogP contribution is -2.44. The van der Waals surface area contributed by atoms with Crippen molar-refractivity contribution in [3.8, 4) is 5.75 Å². The van der Waals surface area contributed by atoms with Gasteiger partial charge in [-0.15, -0.1) is 0 Å². The summed E-state index contributed by atoms with van der Waals surface area (Å²) in [5.41, 5.74) is -1.53. The smallest absolute Gasteiger partial charge is 0.340 e. The molecule has 2 aromatic rings. The van der Waals surface area contributed by atoms with Crippen LogP contribution in [0, 0.1) is 11.2 Å². The van der Waals surface area contributed by atoms with E-state index in [1.165, 1.54) is 25.3 Å². The molecule has 1 unspecified atom stereocenters. The zero-order valence-electron chi connectivity index (χ0n) is 15.8. The lowest BCUT2D eigenvalue weighted by molar-refractivity contribution is -0.154. The Bertz CT molecular complexity index is 829. The molecule has 1 atom stereocenters. The lowest BCUT2D eigenvalue weighted by Gasteiger charge is -2.35. The molecule has 0 amide bonds. The van der Waals surface area contributed by atoms with Crippen molar-refractivity contribution in [3.05, 3.63) is 72.1 Å². The molecule has 2 N–H and O–H groups in total. The minimum Gasteiger partial charge on any atom is -0.496 e. The maximum Gasteiger partial charge on any atom is 0.340 e. The standard InChI is InChI=1S/C22H25FO4/c1-15(16-8-6-5-7-9-16)22(26,20(24)25)14-21(2,3)13-17-12-18(23)10-11-19(17)27-4/h5-12,26H,1,13-14H2,2-4H3,(H,24,25). The van der Waals surface area contributed by atoms with Crippen LogP contribution in [0.1, 0.15) is 31.4 Å². The predicted molar refractivity (Wildman–Crippen MR) is 103 cm³/mol. The number of carboxylic acids is 1. The molecule has 27 heavy (non-hydrogen) atoms. The monoisotopic (exact) mass is 372 g/mol. The van der Waals surface area contributed by atoms with Gasteiger partial charge in [0.15, 0.2) is 5.60 Å². The van der Waals surface area contributed by atoms with E-state index in [1.54, 1.807) is 30.3 Å². The van der Waals surface area contributed by atoms with Crippen molar-refractivity contribution < 1.29 is 24.1 Å². The fourth-order valence-electron chi connectivity index (χ4n) is 3.35. The molecule has 0 spiro atoms. The van der Waals surface area contributed by atoms with Crippen LogP contribution < -0.4 is 4.74 Å². The molecule has 2 rings (SSSR count). The molecule has 0 aliphatic rings. The molecule has 4 nitrogen and oxygen atoms in total. The molecule has 0 fully saturated rings. The molecule has 144 valence electrons. The van der Waals surface area contributed by atoms with Crippen molar-refractivity contribution in [1.82, 2.24) is 0 Å². The number of aliphatic carboxylic acids is 1. The van der Waals surface area contributed by atoms with E-state index in [0.29, 0.717) is 23.3 Å². The first-order valence-corrected chi connectivity index (χ1v) is 8.62. The van der Waals surface area contributed by atoms with Gasteiger partial charge >= 0.3 is 5.97 Å². The van der Waals surface area contributed by atoms with Gasteiger partial charge < -0.3 is 14.9 Å². The second-order valence-electron chi connectivity index (χ2n) is 7.48. The quantitative estimate of drug-likeness (QED) is 0.724. The zero-order chi connectivity index (χ0) is 20.2. The summed E-state index contributed by atoms with van der Waals surface area (Å²) in [6.07, 6.45) is 0.230. The summed E-state index contributed by atoms with van der Waals surface area (Å²) in [4.78, 5) is 11.9. The molecule has 0 radical (unpaired) electrons. The summed E-state index contributed by atoms with van der Waals surface area (Å²) in [7, 11) is 1.49. The van der Waals surface area contributed by atoms with Gasteiger partial charge in [0.1, 0.15) is 11.6 Å². The van der Waals surface area contributed by atoms with Crippen molar-refractivity contribution in [2.75, 3.05) is 7.11 Å². The van der Waals surface area contributed by atoms with E-state index >= 15 is 0 Å². The molecule has 0 saturated carbocycles. The third-order valence-corrected chi connectivity index (χ3v) is 4.62. The molecule has 0 saturated heterocycles. The first-order chi connectivity index (χ1) is 12.6. The number of rotatable bonds is 8. The van der Waals surface area contributed by atoms with Crippen molar-refractivity contribution in [3.63, 3.8) is 0 Å². The minimum absolute atomic E-state index is 0.0945. The van der Waals surface area contributed by atoms with Crippen molar-refractivity contribution in [2.24, 2.45) is 5.41 Å². The van der Waals surface area contributed by atoms with E-state index in [-0.39, 0.29) is 12.0 Å². The van der Waals surface area contributed by atoms with Crippen LogP contribution in [0.3, 0.4) is 0 Å². The maximum atomic E-state index is 13.7. The summed E-state index contributed by atoms with van der Waals surface area (Å²) >= 11 is 0. The number of methoxy groups -OCH3 is 1. The summed E-state index contributed by atoms with van der Waals surface area (Å²) in [5, 5.41) is 20.7. The van der Waals surface area contributed by atoms with Crippen LogP contribution in [0.15, 0.2) is 55.1 Å². The van der Waals surface area contributed by atoms with Crippen LogP contribution in [0.25, 0.3) is 5.57 Å². The average Bonchev–Trinajstić information content (AvgIpc) is 2.61. The normalized spacial score (nSPS) is 13.7. The Morgan fingerprint density at radius 1 is 1.19 bits per heavy atom. The molecule has 0 bridgehead atoms. The highest BCUT2D eigenvalue weighted by atomic mass is 19.1. The Morgan fingerprint density at radius 2 is 1.81 bits per heavy atom. The number of carbonyl (C=O) groups is 1. The first-order valence-electron chi connectivity index (χ1n) is 8.62. The SMILES string of the molecule is C=C(c1ccccc1)C(O)(CC(C)(C)Cc1cc(F)ccc1OC)C(=O)O. The summed E-state index contributed by atoms with van der Waals surface area (Å²) in [5.74, 6) is -1.25. The largest absolute Gasteiger partial charge is 0.496 e. The number of aliphatic hydroxyl groups is 1. The van der Waals surface area contributed by atoms with Crippen LogP contribution in [0.2, 0.25) is 0 Å². The van der Waals surface area contributed by atoms with Gasteiger partial charge in [-0.05, 0) is 53.2 Å². The number of halogens is 1. The summed E-state index contributed by atoms with van der Waals surface area (Å²) in [6, 6.07) is 12.9. The molecular weight excluding hydrogens is 347 g/mol. The summed E-state index contributed by atoms with van der Waals surface area (Å²) in [6.45, 7) is 7.49. The predicted octanol–water partition coefficient (Wildman–Crippen LogP) is 4.32. The molecule has 2 aromatic carbocycles. The van der Waals surface area contributed by atoms with E-state index in [2.05, 4.69) is 6.58 Å². The van der Waals surface area contributed by atoms with Gasteiger partial charge in [0.2, 0.25) is 0 Å². The number of benzene rings is 2. The fourth-order valence-corrected chi connectivity index (χ4v) is 3.35. The molecule has 5 heteroatoms. The van der Waals surface area contributed by atoms with E-state index in [0.717, 1.165) is 0 Å². The summed E-state index contributed by atoms with van der Waals surface area (Å²) < 4.78 is 18.9. The highest BCUT2D eigenvalue weighted by Crippen LogP contribution is 2.40. The molecular formula is C22H25FO4. The van der Waals surface area contributed by atoms with E-state index in [1.807, 2.05) is 13.8 Å². The number of hydrogen-bond acceptors (Lipinski definition) is 3. The second-order valence-corrected chi connectivity index (χ2v) is 7.48. The van der Waals surface area contributed by atoms with Crippen molar-refractivity contribution in [1.29, 1.82) is 0 Å². The van der Waals surface area contributed by atoms with E-state index < -0.39 is 22.8 Å². The Labute approximate surface area is 158 Å². The van der Waals surface area contributed by atoms with Crippen LogP contribution in [0.4, 0.5) is 4.39 Å². The van der Waals surface area contributed by atoms with Crippen LogP contribution in [-0.2, 0) is 11.2 Å². The topological polar surface area (TPSA) is 66.8 Å². The molecule has 0 aromatic heterocycles. The van der Waals surface area contributed by atoms with Crippen LogP contribution >= 0.6 is 0 Å². The fraction of sp³-hybridized carbons (Fsp3) is 0.318. The van der Waals surface area contributed by atoms with Gasteiger partial charge in [-0.2, -0.15) is 0 Å². The van der Waals surface area contributed by atoms with Crippen LogP contribution in [-0.4, -0.2) is 28.9 Å². The van der Waals surface area contributed by atoms with E-state index in [9.17, 15) is 19.4 Å². The minimum atomic E-state index is -2.15. The highest BCUT2D eigenvalue weighted by Gasteiger charge is 2.44.